The molecule has 0 bridgehead atoms. The van der Waals surface area contributed by atoms with Crippen LogP contribution >= 0.6 is 0 Å². The summed E-state index contributed by atoms with van der Waals surface area (Å²) in [5.74, 6) is -1.13. The van der Waals surface area contributed by atoms with Gasteiger partial charge in [-0.1, -0.05) is 18.2 Å². The number of aromatic nitrogens is 2. The summed E-state index contributed by atoms with van der Waals surface area (Å²) in [6.07, 6.45) is 2.22. The van der Waals surface area contributed by atoms with Gasteiger partial charge in [-0.2, -0.15) is 0 Å². The zero-order valence-corrected chi connectivity index (χ0v) is 16.0. The number of hydrogen-bond acceptors (Lipinski definition) is 3. The molecule has 4 rings (SSSR count). The van der Waals surface area contributed by atoms with Gasteiger partial charge >= 0.3 is 0 Å². The average Bonchev–Trinajstić information content (AvgIpc) is 3.22. The summed E-state index contributed by atoms with van der Waals surface area (Å²) >= 11 is 0. The lowest BCUT2D eigenvalue weighted by Gasteiger charge is -2.32. The lowest BCUT2D eigenvalue weighted by atomic mass is 9.90. The van der Waals surface area contributed by atoms with Crippen molar-refractivity contribution < 1.29 is 18.3 Å². The van der Waals surface area contributed by atoms with Crippen LogP contribution < -0.4 is 4.74 Å². The second kappa shape index (κ2) is 8.03. The van der Waals surface area contributed by atoms with Crippen LogP contribution in [0.5, 0.6) is 5.75 Å². The van der Waals surface area contributed by atoms with Crippen molar-refractivity contribution in [1.29, 1.82) is 0 Å². The largest absolute Gasteiger partial charge is 0.497 e. The van der Waals surface area contributed by atoms with Crippen LogP contribution in [0.15, 0.2) is 48.8 Å². The van der Waals surface area contributed by atoms with Crippen molar-refractivity contribution in [3.05, 3.63) is 82.9 Å². The van der Waals surface area contributed by atoms with Crippen LogP contribution in [0.25, 0.3) is 0 Å². The van der Waals surface area contributed by atoms with Crippen LogP contribution in [0.3, 0.4) is 0 Å². The Morgan fingerprint density at radius 3 is 2.90 bits per heavy atom. The molecule has 3 aromatic rings. The number of carbonyl (C=O) groups excluding carboxylic acids is 1. The number of hydrogen-bond donors (Lipinski definition) is 1. The maximum atomic E-state index is 13.4. The first-order chi connectivity index (χ1) is 14.0. The first-order valence-corrected chi connectivity index (χ1v) is 9.43. The van der Waals surface area contributed by atoms with Gasteiger partial charge in [0.15, 0.2) is 11.6 Å². The van der Waals surface area contributed by atoms with E-state index in [-0.39, 0.29) is 18.2 Å². The van der Waals surface area contributed by atoms with E-state index >= 15 is 0 Å². The summed E-state index contributed by atoms with van der Waals surface area (Å²) in [7, 11) is 1.62. The minimum atomic E-state index is -0.895. The summed E-state index contributed by atoms with van der Waals surface area (Å²) in [5.41, 5.74) is 3.46. The summed E-state index contributed by atoms with van der Waals surface area (Å²) in [6.45, 7) is 0.952. The smallest absolute Gasteiger partial charge is 0.223 e. The van der Waals surface area contributed by atoms with Crippen molar-refractivity contribution in [1.82, 2.24) is 14.9 Å². The van der Waals surface area contributed by atoms with Gasteiger partial charge in [-0.15, -0.1) is 0 Å². The molecule has 2 heterocycles. The highest BCUT2D eigenvalue weighted by Gasteiger charge is 2.31. The number of fused-ring (bicyclic) bond motifs is 1. The van der Waals surface area contributed by atoms with E-state index in [1.807, 2.05) is 24.3 Å². The first-order valence-electron chi connectivity index (χ1n) is 9.43. The number of H-pyrrole nitrogens is 1. The van der Waals surface area contributed by atoms with E-state index in [4.69, 9.17) is 4.74 Å². The molecule has 1 unspecified atom stereocenters. The molecule has 7 heteroatoms. The normalized spacial score (nSPS) is 15.8. The van der Waals surface area contributed by atoms with Crippen molar-refractivity contribution in [2.75, 3.05) is 13.7 Å². The van der Waals surface area contributed by atoms with Crippen molar-refractivity contribution in [3.8, 4) is 5.75 Å². The van der Waals surface area contributed by atoms with Gasteiger partial charge < -0.3 is 14.6 Å². The van der Waals surface area contributed by atoms with Crippen molar-refractivity contribution >= 4 is 5.91 Å². The third kappa shape index (κ3) is 3.99. The van der Waals surface area contributed by atoms with Crippen LogP contribution in [0.1, 0.15) is 34.9 Å². The van der Waals surface area contributed by atoms with Crippen molar-refractivity contribution in [2.45, 2.75) is 25.3 Å². The number of nitrogens with zero attached hydrogens (tertiary/aromatic N) is 2. The SMILES string of the molecule is COc1cccc(C2CN(C(=O)CCc3ccc(F)c(F)c3)Cc3[nH]cnc32)c1. The van der Waals surface area contributed by atoms with Gasteiger partial charge in [0.1, 0.15) is 5.75 Å². The van der Waals surface area contributed by atoms with Crippen LogP contribution in [-0.4, -0.2) is 34.4 Å². The number of aromatic amines is 1. The fourth-order valence-corrected chi connectivity index (χ4v) is 3.74. The second-order valence-corrected chi connectivity index (χ2v) is 7.12. The molecule has 0 aliphatic carbocycles. The second-order valence-electron chi connectivity index (χ2n) is 7.12. The molecule has 29 heavy (non-hydrogen) atoms. The third-order valence-electron chi connectivity index (χ3n) is 5.29. The molecule has 1 atom stereocenters. The monoisotopic (exact) mass is 397 g/mol. The van der Waals surface area contributed by atoms with Crippen LogP contribution in [-0.2, 0) is 17.8 Å². The highest BCUT2D eigenvalue weighted by atomic mass is 19.2. The van der Waals surface area contributed by atoms with Crippen LogP contribution in [0.2, 0.25) is 0 Å². The molecule has 150 valence electrons. The quantitative estimate of drug-likeness (QED) is 0.712. The Balaban J connectivity index is 1.51. The minimum Gasteiger partial charge on any atom is -0.497 e. The molecule has 0 spiro atoms. The van der Waals surface area contributed by atoms with E-state index in [9.17, 15) is 13.6 Å². The van der Waals surface area contributed by atoms with E-state index in [2.05, 4.69) is 9.97 Å². The van der Waals surface area contributed by atoms with Gasteiger partial charge in [-0.25, -0.2) is 13.8 Å². The van der Waals surface area contributed by atoms with Gasteiger partial charge in [0.25, 0.3) is 0 Å². The lowest BCUT2D eigenvalue weighted by molar-refractivity contribution is -0.132. The Hall–Kier alpha value is -3.22. The number of rotatable bonds is 5. The van der Waals surface area contributed by atoms with Crippen molar-refractivity contribution in [2.24, 2.45) is 0 Å². The number of amides is 1. The predicted octanol–water partition coefficient (Wildman–Crippen LogP) is 3.80. The molecule has 0 fully saturated rings. The van der Waals surface area contributed by atoms with E-state index in [0.29, 0.717) is 25.1 Å². The molecule has 0 saturated heterocycles. The Labute approximate surface area is 167 Å². The topological polar surface area (TPSA) is 58.2 Å². The minimum absolute atomic E-state index is 0.0390. The summed E-state index contributed by atoms with van der Waals surface area (Å²) in [5, 5.41) is 0. The number of nitrogens with one attached hydrogen (secondary N) is 1. The highest BCUT2D eigenvalue weighted by Crippen LogP contribution is 2.33. The molecule has 0 radical (unpaired) electrons. The molecular formula is C22H21F2N3O2. The summed E-state index contributed by atoms with van der Waals surface area (Å²) < 4.78 is 31.8. The van der Waals surface area contributed by atoms with E-state index in [0.717, 1.165) is 34.8 Å². The fourth-order valence-electron chi connectivity index (χ4n) is 3.74. The molecule has 1 aliphatic rings. The van der Waals surface area contributed by atoms with E-state index < -0.39 is 11.6 Å². The number of benzene rings is 2. The molecule has 1 N–H and O–H groups in total. The zero-order valence-electron chi connectivity index (χ0n) is 16.0. The maximum absolute atomic E-state index is 13.4. The number of carbonyl (C=O) groups is 1. The fraction of sp³-hybridized carbons (Fsp3) is 0.273. The van der Waals surface area contributed by atoms with Gasteiger partial charge in [-0.05, 0) is 41.8 Å². The Morgan fingerprint density at radius 2 is 2.10 bits per heavy atom. The van der Waals surface area contributed by atoms with Gasteiger partial charge in [0.05, 0.1) is 31.4 Å². The predicted molar refractivity (Wildman–Crippen MR) is 104 cm³/mol. The molecule has 2 aromatic carbocycles. The standard InChI is InChI=1S/C22H21F2N3O2/c1-29-16-4-2-3-15(10-16)17-11-27(12-20-22(17)26-13-25-20)21(28)8-6-14-5-7-18(23)19(24)9-14/h2-5,7,9-10,13,17H,6,8,11-12H2,1H3,(H,25,26). The molecule has 1 amide bonds. The zero-order chi connectivity index (χ0) is 20.4. The molecular weight excluding hydrogens is 376 g/mol. The van der Waals surface area contributed by atoms with Gasteiger partial charge in [-0.3, -0.25) is 4.79 Å². The average molecular weight is 397 g/mol. The highest BCUT2D eigenvalue weighted by molar-refractivity contribution is 5.77. The summed E-state index contributed by atoms with van der Waals surface area (Å²) in [6, 6.07) is 11.5. The molecule has 0 saturated carbocycles. The Bertz CT molecular complexity index is 1030. The van der Waals surface area contributed by atoms with Gasteiger partial charge in [0, 0.05) is 18.9 Å². The van der Waals surface area contributed by atoms with Crippen LogP contribution in [0, 0.1) is 11.6 Å². The Kier molecular flexibility index (Phi) is 5.29. The number of ether oxygens (including phenoxy) is 1. The number of halogens is 2. The lowest BCUT2D eigenvalue weighted by Crippen LogP contribution is -2.38. The number of imidazole rings is 1. The number of methoxy groups -OCH3 is 1. The van der Waals surface area contributed by atoms with E-state index in [1.54, 1.807) is 18.3 Å². The first kappa shape index (κ1) is 19.1. The van der Waals surface area contributed by atoms with Crippen molar-refractivity contribution in [3.63, 3.8) is 0 Å². The molecule has 1 aliphatic heterocycles. The molecule has 5 nitrogen and oxygen atoms in total. The van der Waals surface area contributed by atoms with E-state index in [1.165, 1.54) is 6.07 Å². The van der Waals surface area contributed by atoms with Gasteiger partial charge in [0.2, 0.25) is 5.91 Å². The maximum Gasteiger partial charge on any atom is 0.223 e. The third-order valence-corrected chi connectivity index (χ3v) is 5.29. The van der Waals surface area contributed by atoms with Crippen LogP contribution in [0.4, 0.5) is 8.78 Å². The number of aryl methyl sites for hydroxylation is 1. The molecule has 1 aromatic heterocycles. The summed E-state index contributed by atoms with van der Waals surface area (Å²) in [4.78, 5) is 22.2. The Morgan fingerprint density at radius 1 is 1.24 bits per heavy atom.